The highest BCUT2D eigenvalue weighted by Crippen LogP contribution is 2.29. The van der Waals surface area contributed by atoms with Crippen molar-refractivity contribution in [3.05, 3.63) is 41.0 Å². The zero-order valence-corrected chi connectivity index (χ0v) is 15.3. The van der Waals surface area contributed by atoms with Crippen LogP contribution in [0.5, 0.6) is 0 Å². The molecule has 4 rings (SSSR count). The summed E-state index contributed by atoms with van der Waals surface area (Å²) in [5.41, 5.74) is 2.94. The number of fused-ring (bicyclic) bond motifs is 1. The average molecular weight is 357 g/mol. The predicted octanol–water partition coefficient (Wildman–Crippen LogP) is 3.37. The SMILES string of the molecule is Cc1noc([C@@H]2CCCN(C(=O)CSc3ccc4c(c3)CCC4)C2)n1. The number of amides is 1. The topological polar surface area (TPSA) is 59.2 Å². The van der Waals surface area contributed by atoms with Crippen molar-refractivity contribution in [3.63, 3.8) is 0 Å². The van der Waals surface area contributed by atoms with Gasteiger partial charge in [-0.05, 0) is 62.3 Å². The normalized spacial score (nSPS) is 19.9. The molecule has 1 amide bonds. The second kappa shape index (κ2) is 7.20. The van der Waals surface area contributed by atoms with Crippen molar-refractivity contribution in [3.8, 4) is 0 Å². The van der Waals surface area contributed by atoms with Gasteiger partial charge in [-0.2, -0.15) is 4.98 Å². The van der Waals surface area contributed by atoms with Gasteiger partial charge in [0.15, 0.2) is 5.82 Å². The van der Waals surface area contributed by atoms with E-state index in [1.54, 1.807) is 11.8 Å². The summed E-state index contributed by atoms with van der Waals surface area (Å²) >= 11 is 1.65. The van der Waals surface area contributed by atoms with Gasteiger partial charge in [0, 0.05) is 18.0 Å². The average Bonchev–Trinajstić information content (AvgIpc) is 3.28. The van der Waals surface area contributed by atoms with Crippen molar-refractivity contribution in [2.24, 2.45) is 0 Å². The van der Waals surface area contributed by atoms with Gasteiger partial charge < -0.3 is 9.42 Å². The largest absolute Gasteiger partial charge is 0.341 e. The minimum atomic E-state index is 0.170. The second-order valence-electron chi connectivity index (χ2n) is 6.93. The molecule has 6 heteroatoms. The van der Waals surface area contributed by atoms with Crippen LogP contribution in [0.4, 0.5) is 0 Å². The van der Waals surface area contributed by atoms with Gasteiger partial charge in [0.25, 0.3) is 0 Å². The van der Waals surface area contributed by atoms with Gasteiger partial charge >= 0.3 is 0 Å². The second-order valence-corrected chi connectivity index (χ2v) is 7.98. The van der Waals surface area contributed by atoms with E-state index in [4.69, 9.17) is 4.52 Å². The van der Waals surface area contributed by atoms with E-state index in [1.165, 1.54) is 35.3 Å². The molecule has 1 aliphatic heterocycles. The molecule has 132 valence electrons. The molecule has 2 aromatic rings. The number of hydrogen-bond acceptors (Lipinski definition) is 5. The van der Waals surface area contributed by atoms with Gasteiger partial charge in [-0.3, -0.25) is 4.79 Å². The van der Waals surface area contributed by atoms with Crippen LogP contribution in [0.1, 0.15) is 48.0 Å². The van der Waals surface area contributed by atoms with Crippen LogP contribution in [0, 0.1) is 6.92 Å². The number of rotatable bonds is 4. The Morgan fingerprint density at radius 2 is 2.20 bits per heavy atom. The van der Waals surface area contributed by atoms with Crippen LogP contribution in [-0.2, 0) is 17.6 Å². The van der Waals surface area contributed by atoms with Crippen molar-refractivity contribution < 1.29 is 9.32 Å². The molecule has 1 aliphatic carbocycles. The van der Waals surface area contributed by atoms with Gasteiger partial charge in [0.2, 0.25) is 11.8 Å². The molecule has 2 aliphatic rings. The standard InChI is InChI=1S/C19H23N3O2S/c1-13-20-19(24-21-13)16-6-3-9-22(11-16)18(23)12-25-17-8-7-14-4-2-5-15(14)10-17/h7-8,10,16H,2-6,9,11-12H2,1H3/t16-/m1/s1. The summed E-state index contributed by atoms with van der Waals surface area (Å²) in [4.78, 5) is 20.1. The van der Waals surface area contributed by atoms with E-state index in [1.807, 2.05) is 11.8 Å². The lowest BCUT2D eigenvalue weighted by Gasteiger charge is -2.31. The molecule has 1 atom stereocenters. The number of carbonyl (C=O) groups excluding carboxylic acids is 1. The Morgan fingerprint density at radius 1 is 1.32 bits per heavy atom. The monoisotopic (exact) mass is 357 g/mol. The Kier molecular flexibility index (Phi) is 4.79. The van der Waals surface area contributed by atoms with Crippen molar-refractivity contribution >= 4 is 17.7 Å². The first-order valence-corrected chi connectivity index (χ1v) is 10.00. The molecule has 2 heterocycles. The smallest absolute Gasteiger partial charge is 0.232 e. The number of hydrogen-bond donors (Lipinski definition) is 0. The lowest BCUT2D eigenvalue weighted by Crippen LogP contribution is -2.40. The van der Waals surface area contributed by atoms with Gasteiger partial charge in [-0.15, -0.1) is 11.8 Å². The van der Waals surface area contributed by atoms with Crippen LogP contribution in [0.2, 0.25) is 0 Å². The Balaban J connectivity index is 1.34. The molecular formula is C19H23N3O2S. The predicted molar refractivity (Wildman–Crippen MR) is 96.8 cm³/mol. The highest BCUT2D eigenvalue weighted by Gasteiger charge is 2.28. The Hall–Kier alpha value is -1.82. The summed E-state index contributed by atoms with van der Waals surface area (Å²) < 4.78 is 5.30. The Bertz CT molecular complexity index is 774. The first kappa shape index (κ1) is 16.6. The molecule has 0 unspecified atom stereocenters. The summed E-state index contributed by atoms with van der Waals surface area (Å²) in [5.74, 6) is 2.19. The fourth-order valence-corrected chi connectivity index (χ4v) is 4.62. The molecule has 1 aromatic carbocycles. The van der Waals surface area contributed by atoms with Crippen LogP contribution in [0.3, 0.4) is 0 Å². The lowest BCUT2D eigenvalue weighted by molar-refractivity contribution is -0.129. The summed E-state index contributed by atoms with van der Waals surface area (Å²) in [6.07, 6.45) is 5.62. The number of piperidine rings is 1. The number of benzene rings is 1. The number of carbonyl (C=O) groups is 1. The zero-order valence-electron chi connectivity index (χ0n) is 14.5. The third-order valence-corrected chi connectivity index (χ3v) is 6.08. The number of aromatic nitrogens is 2. The molecule has 0 spiro atoms. The van der Waals surface area contributed by atoms with Crippen LogP contribution < -0.4 is 0 Å². The minimum absolute atomic E-state index is 0.170. The lowest BCUT2D eigenvalue weighted by atomic mass is 9.98. The highest BCUT2D eigenvalue weighted by molar-refractivity contribution is 8.00. The van der Waals surface area contributed by atoms with E-state index in [2.05, 4.69) is 28.3 Å². The Morgan fingerprint density at radius 3 is 3.04 bits per heavy atom. The molecular weight excluding hydrogens is 334 g/mol. The molecule has 5 nitrogen and oxygen atoms in total. The van der Waals surface area contributed by atoms with Crippen LogP contribution in [0.15, 0.2) is 27.6 Å². The number of thioether (sulfide) groups is 1. The van der Waals surface area contributed by atoms with E-state index in [-0.39, 0.29) is 11.8 Å². The Labute approximate surface area is 152 Å². The maximum absolute atomic E-state index is 12.6. The van der Waals surface area contributed by atoms with Gasteiger partial charge in [0.05, 0.1) is 11.7 Å². The quantitative estimate of drug-likeness (QED) is 0.785. The highest BCUT2D eigenvalue weighted by atomic mass is 32.2. The molecule has 1 saturated heterocycles. The maximum Gasteiger partial charge on any atom is 0.232 e. The zero-order chi connectivity index (χ0) is 17.2. The van der Waals surface area contributed by atoms with Crippen molar-refractivity contribution in [2.75, 3.05) is 18.8 Å². The van der Waals surface area contributed by atoms with Gasteiger partial charge in [-0.25, -0.2) is 0 Å². The third kappa shape index (κ3) is 3.73. The molecule has 1 fully saturated rings. The van der Waals surface area contributed by atoms with E-state index in [0.717, 1.165) is 19.4 Å². The van der Waals surface area contributed by atoms with E-state index < -0.39 is 0 Å². The molecule has 0 radical (unpaired) electrons. The first-order valence-electron chi connectivity index (χ1n) is 9.01. The number of nitrogens with zero attached hydrogens (tertiary/aromatic N) is 3. The third-order valence-electron chi connectivity index (χ3n) is 5.10. The fraction of sp³-hybridized carbons (Fsp3) is 0.526. The van der Waals surface area contributed by atoms with Gasteiger partial charge in [0.1, 0.15) is 0 Å². The fourth-order valence-electron chi connectivity index (χ4n) is 3.76. The van der Waals surface area contributed by atoms with E-state index in [9.17, 15) is 4.79 Å². The van der Waals surface area contributed by atoms with Gasteiger partial charge in [-0.1, -0.05) is 11.2 Å². The molecule has 0 N–H and O–H groups in total. The van der Waals surface area contributed by atoms with E-state index >= 15 is 0 Å². The maximum atomic E-state index is 12.6. The summed E-state index contributed by atoms with van der Waals surface area (Å²) in [7, 11) is 0. The van der Waals surface area contributed by atoms with Crippen LogP contribution in [-0.4, -0.2) is 39.8 Å². The first-order chi connectivity index (χ1) is 12.2. The molecule has 0 saturated carbocycles. The van der Waals surface area contributed by atoms with Crippen LogP contribution in [0.25, 0.3) is 0 Å². The molecule has 1 aromatic heterocycles. The van der Waals surface area contributed by atoms with Crippen molar-refractivity contribution in [1.29, 1.82) is 0 Å². The van der Waals surface area contributed by atoms with Crippen molar-refractivity contribution in [2.45, 2.75) is 49.8 Å². The van der Waals surface area contributed by atoms with Crippen molar-refractivity contribution in [1.82, 2.24) is 15.0 Å². The number of likely N-dealkylation sites (tertiary alicyclic amines) is 1. The number of aryl methyl sites for hydroxylation is 3. The molecule has 0 bridgehead atoms. The summed E-state index contributed by atoms with van der Waals surface area (Å²) in [6, 6.07) is 6.65. The van der Waals surface area contributed by atoms with E-state index in [0.29, 0.717) is 24.0 Å². The van der Waals surface area contributed by atoms with Crippen LogP contribution >= 0.6 is 11.8 Å². The summed E-state index contributed by atoms with van der Waals surface area (Å²) in [5, 5.41) is 3.87. The minimum Gasteiger partial charge on any atom is -0.341 e. The molecule has 25 heavy (non-hydrogen) atoms. The summed E-state index contributed by atoms with van der Waals surface area (Å²) in [6.45, 7) is 3.34.